The fraction of sp³-hybridized carbons (Fsp3) is 0.222. The molecule has 4 nitrogen and oxygen atoms in total. The fourth-order valence-corrected chi connectivity index (χ4v) is 2.82. The summed E-state index contributed by atoms with van der Waals surface area (Å²) in [5, 5.41) is 0.864. The average Bonchev–Trinajstić information content (AvgIpc) is 2.57. The van der Waals surface area contributed by atoms with E-state index in [1.807, 2.05) is 6.07 Å². The second-order valence-electron chi connectivity index (χ2n) is 5.33. The Balaban J connectivity index is 1.98. The molecule has 0 aliphatic heterocycles. The topological polar surface area (TPSA) is 38.5 Å². The van der Waals surface area contributed by atoms with Crippen molar-refractivity contribution in [3.63, 3.8) is 0 Å². The van der Waals surface area contributed by atoms with Gasteiger partial charge < -0.3 is 9.47 Å². The van der Waals surface area contributed by atoms with Crippen molar-refractivity contribution in [2.45, 2.75) is 13.2 Å². The zero-order valence-corrected chi connectivity index (χ0v) is 16.9. The van der Waals surface area contributed by atoms with Crippen molar-refractivity contribution in [3.8, 4) is 5.75 Å². The third-order valence-electron chi connectivity index (χ3n) is 3.39. The van der Waals surface area contributed by atoms with E-state index >= 15 is 0 Å². The number of halogens is 4. The molecule has 0 radical (unpaired) electrons. The van der Waals surface area contributed by atoms with E-state index in [0.717, 1.165) is 10.3 Å². The van der Waals surface area contributed by atoms with Crippen LogP contribution in [0.2, 0.25) is 10.0 Å². The standard InChI is InChI=1S/C18H16Cl4NO3/c1-23(24)13-4-2-3-12(7-13)10-25-11-15-16(19)8-14(9-17(15)20)26-6-5-18(21)22/h2-5,7-9H,6,10-11H2,1H3/q+1. The highest BCUT2D eigenvalue weighted by Gasteiger charge is 2.11. The summed E-state index contributed by atoms with van der Waals surface area (Å²) in [7, 11) is 1.44. The van der Waals surface area contributed by atoms with Crippen molar-refractivity contribution >= 4 is 52.1 Å². The van der Waals surface area contributed by atoms with E-state index < -0.39 is 0 Å². The highest BCUT2D eigenvalue weighted by atomic mass is 35.5. The van der Waals surface area contributed by atoms with Crippen molar-refractivity contribution in [2.75, 3.05) is 13.7 Å². The molecule has 0 aromatic heterocycles. The predicted octanol–water partition coefficient (Wildman–Crippen LogP) is 6.45. The number of benzene rings is 2. The molecule has 0 saturated carbocycles. The van der Waals surface area contributed by atoms with Crippen LogP contribution < -0.4 is 4.74 Å². The number of rotatable bonds is 8. The van der Waals surface area contributed by atoms with E-state index in [9.17, 15) is 4.91 Å². The van der Waals surface area contributed by atoms with Crippen molar-refractivity contribution < 1.29 is 14.2 Å². The molecule has 8 heteroatoms. The predicted molar refractivity (Wildman–Crippen MR) is 106 cm³/mol. The van der Waals surface area contributed by atoms with Gasteiger partial charge in [-0.25, -0.2) is 0 Å². The maximum absolute atomic E-state index is 11.3. The molecule has 0 aliphatic carbocycles. The first kappa shape index (κ1) is 21.0. The SMILES string of the molecule is C[N+](=O)c1cccc(COCc2c(Cl)cc(OCC=C(Cl)Cl)cc2Cl)c1. The van der Waals surface area contributed by atoms with Gasteiger partial charge in [-0.2, -0.15) is 0 Å². The van der Waals surface area contributed by atoms with E-state index in [-0.39, 0.29) is 17.7 Å². The molecule has 0 spiro atoms. The van der Waals surface area contributed by atoms with E-state index in [1.54, 1.807) is 30.3 Å². The van der Waals surface area contributed by atoms with Crippen LogP contribution in [0.5, 0.6) is 5.75 Å². The first-order valence-corrected chi connectivity index (χ1v) is 9.07. The van der Waals surface area contributed by atoms with Crippen molar-refractivity contribution in [1.82, 2.24) is 0 Å². The Bertz CT molecular complexity index is 797. The van der Waals surface area contributed by atoms with Crippen LogP contribution >= 0.6 is 46.4 Å². The van der Waals surface area contributed by atoms with E-state index in [2.05, 4.69) is 0 Å². The van der Waals surface area contributed by atoms with Crippen LogP contribution in [0.1, 0.15) is 11.1 Å². The number of nitroso groups, excluding NO2 is 1. The summed E-state index contributed by atoms with van der Waals surface area (Å²) in [4.78, 5) is 11.3. The van der Waals surface area contributed by atoms with Crippen LogP contribution in [0.25, 0.3) is 0 Å². The van der Waals surface area contributed by atoms with E-state index in [4.69, 9.17) is 55.9 Å². The lowest BCUT2D eigenvalue weighted by molar-refractivity contribution is -0.428. The fourth-order valence-electron chi connectivity index (χ4n) is 2.11. The first-order chi connectivity index (χ1) is 12.4. The zero-order chi connectivity index (χ0) is 19.1. The number of hydrogen-bond donors (Lipinski definition) is 0. The van der Waals surface area contributed by atoms with Gasteiger partial charge in [0.1, 0.15) is 16.8 Å². The molecule has 0 amide bonds. The number of hydrogen-bond acceptors (Lipinski definition) is 3. The summed E-state index contributed by atoms with van der Waals surface area (Å²) in [6, 6.07) is 10.5. The molecular formula is C18H16Cl4NO3+. The van der Waals surface area contributed by atoms with Crippen LogP contribution in [0.4, 0.5) is 5.69 Å². The molecule has 0 unspecified atom stereocenters. The van der Waals surface area contributed by atoms with Gasteiger partial charge in [-0.05, 0) is 23.8 Å². The van der Waals surface area contributed by atoms with Gasteiger partial charge in [0.05, 0.1) is 23.3 Å². The minimum atomic E-state index is 0.124. The van der Waals surface area contributed by atoms with Crippen LogP contribution in [0.15, 0.2) is 47.0 Å². The minimum absolute atomic E-state index is 0.124. The molecule has 2 aromatic rings. The minimum Gasteiger partial charge on any atom is -0.489 e. The average molecular weight is 436 g/mol. The van der Waals surface area contributed by atoms with Gasteiger partial charge in [0.2, 0.25) is 0 Å². The quantitative estimate of drug-likeness (QED) is 0.447. The van der Waals surface area contributed by atoms with Gasteiger partial charge in [0.25, 0.3) is 5.69 Å². The van der Waals surface area contributed by atoms with Crippen molar-refractivity contribution in [1.29, 1.82) is 0 Å². The lowest BCUT2D eigenvalue weighted by Gasteiger charge is -2.11. The molecular weight excluding hydrogens is 420 g/mol. The van der Waals surface area contributed by atoms with Crippen molar-refractivity contribution in [2.24, 2.45) is 0 Å². The van der Waals surface area contributed by atoms with Gasteiger partial charge in [0, 0.05) is 27.4 Å². The van der Waals surface area contributed by atoms with Gasteiger partial charge in [0.15, 0.2) is 7.05 Å². The largest absolute Gasteiger partial charge is 0.489 e. The molecule has 0 heterocycles. The third kappa shape index (κ3) is 6.45. The molecule has 138 valence electrons. The Labute approximate surface area is 171 Å². The summed E-state index contributed by atoms with van der Waals surface area (Å²) >= 11 is 23.6. The Morgan fingerprint density at radius 3 is 2.42 bits per heavy atom. The zero-order valence-electron chi connectivity index (χ0n) is 13.8. The third-order valence-corrected chi connectivity index (χ3v) is 4.37. The summed E-state index contributed by atoms with van der Waals surface area (Å²) in [6.45, 7) is 0.754. The number of nitrogens with zero attached hydrogens (tertiary/aromatic N) is 1. The highest BCUT2D eigenvalue weighted by molar-refractivity contribution is 6.55. The monoisotopic (exact) mass is 434 g/mol. The molecule has 0 bridgehead atoms. The summed E-state index contributed by atoms with van der Waals surface area (Å²) < 4.78 is 12.1. The molecule has 0 atom stereocenters. The summed E-state index contributed by atoms with van der Waals surface area (Å²) in [5.74, 6) is 0.501. The Morgan fingerprint density at radius 1 is 1.12 bits per heavy atom. The molecule has 26 heavy (non-hydrogen) atoms. The number of ether oxygens (including phenoxy) is 2. The molecule has 2 rings (SSSR count). The van der Waals surface area contributed by atoms with E-state index in [0.29, 0.717) is 33.7 Å². The Kier molecular flexibility index (Phi) is 8.19. The second-order valence-corrected chi connectivity index (χ2v) is 7.15. The molecule has 0 saturated heterocycles. The van der Waals surface area contributed by atoms with Crippen molar-refractivity contribution in [3.05, 3.63) is 73.0 Å². The molecule has 0 N–H and O–H groups in total. The molecule has 0 fully saturated rings. The van der Waals surface area contributed by atoms with Gasteiger partial charge in [-0.3, -0.25) is 0 Å². The smallest absolute Gasteiger partial charge is 0.255 e. The summed E-state index contributed by atoms with van der Waals surface area (Å²) in [5.41, 5.74) is 2.10. The first-order valence-electron chi connectivity index (χ1n) is 7.56. The van der Waals surface area contributed by atoms with Crippen LogP contribution in [-0.4, -0.2) is 18.4 Å². The lowest BCUT2D eigenvalue weighted by Crippen LogP contribution is -1.99. The Hall–Kier alpha value is -1.30. The Morgan fingerprint density at radius 2 is 1.81 bits per heavy atom. The maximum Gasteiger partial charge on any atom is 0.255 e. The van der Waals surface area contributed by atoms with Crippen LogP contribution in [-0.2, 0) is 18.0 Å². The maximum atomic E-state index is 11.3. The van der Waals surface area contributed by atoms with E-state index in [1.165, 1.54) is 13.1 Å². The highest BCUT2D eigenvalue weighted by Crippen LogP contribution is 2.31. The van der Waals surface area contributed by atoms with Gasteiger partial charge >= 0.3 is 0 Å². The summed E-state index contributed by atoms with van der Waals surface area (Å²) in [6.07, 6.45) is 1.51. The second kappa shape index (κ2) is 10.1. The van der Waals surface area contributed by atoms with Crippen LogP contribution in [0, 0.1) is 4.91 Å². The lowest BCUT2D eigenvalue weighted by atomic mass is 10.2. The van der Waals surface area contributed by atoms with Crippen LogP contribution in [0.3, 0.4) is 0 Å². The normalized spacial score (nSPS) is 10.5. The van der Waals surface area contributed by atoms with Gasteiger partial charge in [-0.1, -0.05) is 58.5 Å². The molecule has 2 aromatic carbocycles. The van der Waals surface area contributed by atoms with Gasteiger partial charge in [-0.15, -0.1) is 0 Å². The molecule has 0 aliphatic rings.